The number of carboxylic acids is 1. The standard InChI is InChI=1S/C68H89ClN12O17.C2HF3O2/c1-44(2)62(76-58(83)22-29-92-32-34-94-36-37-95-35-33-93-30-24-71-57(82)21-25-80-59(84)19-20-60(80)85)64(87)75-53(12-9-23-72-66(70)89)63(86)73-48-15-13-45(14-16-48)43-97-67(90)78(5)26-27-79(6)68(91)98-56-40-55-61(51-11-8-7-10-50(51)56)47(41-69)42-81(55)65(88)54-39-46-38-49(17-18-52(46)74-54)96-31-28-77(3)4;3-2(4,5)1(6)7/h7-8,10-11,13-20,38-40,44,47,53,62,74H,9,12,21-37,41-43H2,1-6H3,(H,71,82)(H,73,86)(H,75,87)(H,76,83)(H3,70,72,89);(H,6,7)/t47-,53+,62+;/m1./s1. The van der Waals surface area contributed by atoms with E-state index in [1.54, 1.807) is 62.2 Å². The van der Waals surface area contributed by atoms with Crippen LogP contribution in [0, 0.1) is 5.92 Å². The van der Waals surface area contributed by atoms with Gasteiger partial charge in [-0.2, -0.15) is 13.2 Å². The SMILES string of the molecule is CC(C)[C@H](NC(=O)CCOCCOCCOCCOCCNC(=O)CCN1C(=O)C=CC1=O)C(=O)N[C@@H](CCCNC(N)=O)C(=O)Nc1ccc(COC(=O)N(C)CCN(C)C(=O)Oc2cc3c(c4ccccc24)[C@H](CCl)CN3C(=O)c2cc3cc(OCCN(C)C)ccc3[nH]2)cc1.O=C(O)C(F)(F)F. The lowest BCUT2D eigenvalue weighted by Crippen LogP contribution is -2.54. The Morgan fingerprint density at radius 2 is 1.33 bits per heavy atom. The van der Waals surface area contributed by atoms with Gasteiger partial charge in [-0.15, -0.1) is 11.6 Å². The average molecular weight is 1500 g/mol. The number of carbonyl (C=O) groups excluding carboxylic acids is 10. The Balaban J connectivity index is 0.00000234. The van der Waals surface area contributed by atoms with Crippen molar-refractivity contribution in [1.82, 2.24) is 45.9 Å². The molecule has 572 valence electrons. The minimum atomic E-state index is -5.08. The van der Waals surface area contributed by atoms with Gasteiger partial charge >= 0.3 is 30.4 Å². The molecule has 0 saturated heterocycles. The summed E-state index contributed by atoms with van der Waals surface area (Å²) in [5.74, 6) is -5.25. The number of nitrogens with two attached hydrogens (primary N) is 1. The van der Waals surface area contributed by atoms with Crippen LogP contribution in [0.4, 0.5) is 38.9 Å². The van der Waals surface area contributed by atoms with Crippen molar-refractivity contribution in [3.05, 3.63) is 108 Å². The molecule has 3 atom stereocenters. The molecule has 0 fully saturated rings. The van der Waals surface area contributed by atoms with Gasteiger partial charge in [0, 0.05) is 125 Å². The maximum absolute atomic E-state index is 14.4. The number of H-pyrrole nitrogens is 1. The fourth-order valence-electron chi connectivity index (χ4n) is 10.4. The van der Waals surface area contributed by atoms with E-state index in [1.807, 2.05) is 61.5 Å². The highest BCUT2D eigenvalue weighted by atomic mass is 35.5. The quantitative estimate of drug-likeness (QED) is 0.0137. The maximum Gasteiger partial charge on any atom is 0.490 e. The Kier molecular flexibility index (Phi) is 33.5. The van der Waals surface area contributed by atoms with Crippen LogP contribution in [0.15, 0.2) is 91.0 Å². The van der Waals surface area contributed by atoms with Crippen LogP contribution >= 0.6 is 11.6 Å². The number of likely N-dealkylation sites (N-methyl/N-ethyl adjacent to an activating group) is 3. The minimum absolute atomic E-state index is 0.00519. The average Bonchev–Trinajstić information content (AvgIpc) is 1.62. The Labute approximate surface area is 608 Å². The second-order valence-corrected chi connectivity index (χ2v) is 25.0. The highest BCUT2D eigenvalue weighted by Crippen LogP contribution is 2.46. The number of aromatic nitrogens is 1. The summed E-state index contributed by atoms with van der Waals surface area (Å²) in [7, 11) is 7.02. The largest absolute Gasteiger partial charge is 0.492 e. The molecule has 0 saturated carbocycles. The van der Waals surface area contributed by atoms with Gasteiger partial charge in [0.2, 0.25) is 23.6 Å². The number of hydrogen-bond donors (Lipinski definition) is 8. The third-order valence-electron chi connectivity index (χ3n) is 16.1. The molecular formula is C70H90ClF3N12O19. The van der Waals surface area contributed by atoms with Crippen molar-refractivity contribution < 1.29 is 104 Å². The molecule has 0 bridgehead atoms. The summed E-state index contributed by atoms with van der Waals surface area (Å²) in [6, 6.07) is 20.2. The Morgan fingerprint density at radius 3 is 1.94 bits per heavy atom. The molecule has 4 aromatic carbocycles. The molecule has 2 aliphatic heterocycles. The molecule has 0 unspecified atom stereocenters. The van der Waals surface area contributed by atoms with Crippen molar-refractivity contribution in [2.75, 3.05) is 150 Å². The van der Waals surface area contributed by atoms with Crippen molar-refractivity contribution in [1.29, 1.82) is 0 Å². The first-order valence-electron chi connectivity index (χ1n) is 33.6. The first-order valence-corrected chi connectivity index (χ1v) is 34.2. The number of nitrogens with zero attached hydrogens (tertiary/aromatic N) is 5. The van der Waals surface area contributed by atoms with Gasteiger partial charge in [0.05, 0.1) is 58.5 Å². The van der Waals surface area contributed by atoms with Crippen LogP contribution in [-0.2, 0) is 63.9 Å². The van der Waals surface area contributed by atoms with Gasteiger partial charge in [0.25, 0.3) is 17.7 Å². The number of ether oxygens (including phenoxy) is 7. The first kappa shape index (κ1) is 83.8. The number of aromatic amines is 1. The highest BCUT2D eigenvalue weighted by molar-refractivity contribution is 6.19. The fourth-order valence-corrected chi connectivity index (χ4v) is 10.7. The number of imide groups is 1. The van der Waals surface area contributed by atoms with Gasteiger partial charge < -0.3 is 95.2 Å². The summed E-state index contributed by atoms with van der Waals surface area (Å²) in [4.78, 5) is 148. The van der Waals surface area contributed by atoms with E-state index in [0.717, 1.165) is 33.3 Å². The van der Waals surface area contributed by atoms with Crippen LogP contribution < -0.4 is 46.7 Å². The van der Waals surface area contributed by atoms with Crippen LogP contribution in [0.1, 0.15) is 67.1 Å². The smallest absolute Gasteiger partial charge is 0.490 e. The number of carbonyl (C=O) groups is 11. The van der Waals surface area contributed by atoms with Gasteiger partial charge in [0.1, 0.15) is 42.5 Å². The van der Waals surface area contributed by atoms with E-state index in [1.165, 1.54) is 29.0 Å². The van der Waals surface area contributed by atoms with Crippen molar-refractivity contribution in [2.24, 2.45) is 11.7 Å². The molecule has 35 heteroatoms. The first-order chi connectivity index (χ1) is 50.0. The number of fused-ring (bicyclic) bond motifs is 4. The zero-order valence-electron chi connectivity index (χ0n) is 59.1. The summed E-state index contributed by atoms with van der Waals surface area (Å²) >= 11 is 6.57. The number of rotatable bonds is 40. The summed E-state index contributed by atoms with van der Waals surface area (Å²) in [6.07, 6.45) is -3.82. The molecule has 2 aliphatic rings. The number of hydrogen-bond acceptors (Lipinski definition) is 19. The van der Waals surface area contributed by atoms with Gasteiger partial charge in [-0.1, -0.05) is 50.2 Å². The summed E-state index contributed by atoms with van der Waals surface area (Å²) in [5.41, 5.74) is 8.79. The lowest BCUT2D eigenvalue weighted by Gasteiger charge is -2.25. The number of benzene rings is 4. The molecule has 11 amide bonds. The van der Waals surface area contributed by atoms with Gasteiger partial charge in [0.15, 0.2) is 0 Å². The molecule has 9 N–H and O–H groups in total. The third kappa shape index (κ3) is 27.1. The molecule has 0 radical (unpaired) electrons. The number of amides is 11. The second kappa shape index (κ2) is 42.0. The van der Waals surface area contributed by atoms with E-state index >= 15 is 0 Å². The number of urea groups is 1. The molecule has 31 nitrogen and oxygen atoms in total. The minimum Gasteiger partial charge on any atom is -0.492 e. The van der Waals surface area contributed by atoms with E-state index in [9.17, 15) is 61.1 Å². The zero-order valence-corrected chi connectivity index (χ0v) is 59.9. The van der Waals surface area contributed by atoms with Crippen LogP contribution in [0.5, 0.6) is 11.5 Å². The number of carboxylic acid groups (broad SMARTS) is 1. The van der Waals surface area contributed by atoms with Crippen LogP contribution in [-0.4, -0.2) is 253 Å². The Bertz CT molecular complexity index is 3820. The molecule has 0 aliphatic carbocycles. The lowest BCUT2D eigenvalue weighted by atomic mass is 9.95. The van der Waals surface area contributed by atoms with E-state index in [4.69, 9.17) is 60.4 Å². The number of alkyl halides is 4. The lowest BCUT2D eigenvalue weighted by molar-refractivity contribution is -0.192. The molecular weight excluding hydrogens is 1410 g/mol. The van der Waals surface area contributed by atoms with E-state index in [2.05, 4.69) is 31.6 Å². The maximum atomic E-state index is 14.4. The Hall–Kier alpha value is -10.1. The third-order valence-corrected chi connectivity index (χ3v) is 16.5. The van der Waals surface area contributed by atoms with Gasteiger partial charge in [-0.3, -0.25) is 38.5 Å². The fraction of sp³-hybridized carbons (Fsp3) is 0.471. The van der Waals surface area contributed by atoms with Crippen molar-refractivity contribution in [3.63, 3.8) is 0 Å². The predicted octanol–water partition coefficient (Wildman–Crippen LogP) is 5.48. The van der Waals surface area contributed by atoms with Crippen molar-refractivity contribution in [2.45, 2.75) is 70.3 Å². The summed E-state index contributed by atoms with van der Waals surface area (Å²) < 4.78 is 71.3. The summed E-state index contributed by atoms with van der Waals surface area (Å²) in [6.45, 7) is 7.37. The number of aliphatic carboxylic acids is 1. The number of halogens is 4. The van der Waals surface area contributed by atoms with Crippen molar-refractivity contribution >= 4 is 110 Å². The zero-order chi connectivity index (χ0) is 76.8. The van der Waals surface area contributed by atoms with Crippen LogP contribution in [0.2, 0.25) is 0 Å². The van der Waals surface area contributed by atoms with Crippen LogP contribution in [0.25, 0.3) is 21.7 Å². The van der Waals surface area contributed by atoms with Gasteiger partial charge in [-0.05, 0) is 85.8 Å². The molecule has 105 heavy (non-hydrogen) atoms. The molecule has 0 spiro atoms. The van der Waals surface area contributed by atoms with E-state index in [-0.39, 0.29) is 140 Å². The molecule has 5 aromatic rings. The van der Waals surface area contributed by atoms with Crippen molar-refractivity contribution in [3.8, 4) is 11.5 Å². The normalized spacial score (nSPS) is 13.8. The van der Waals surface area contributed by atoms with Crippen LogP contribution in [0.3, 0.4) is 0 Å². The number of nitrogens with one attached hydrogen (secondary N) is 6. The topological polar surface area (TPSA) is 391 Å². The molecule has 1 aromatic heterocycles. The predicted molar refractivity (Wildman–Crippen MR) is 379 cm³/mol. The molecule has 3 heterocycles. The number of anilines is 2. The monoisotopic (exact) mass is 1490 g/mol. The Morgan fingerprint density at radius 1 is 0.714 bits per heavy atom. The van der Waals surface area contributed by atoms with Gasteiger partial charge in [-0.25, -0.2) is 19.2 Å². The molecule has 7 rings (SSSR count). The second-order valence-electron chi connectivity index (χ2n) is 24.7. The van der Waals surface area contributed by atoms with E-state index in [0.29, 0.717) is 60.1 Å². The van der Waals surface area contributed by atoms with E-state index < -0.39 is 72.0 Å². The number of primary amides is 1. The summed E-state index contributed by atoms with van der Waals surface area (Å²) in [5, 5.41) is 22.8. The highest BCUT2D eigenvalue weighted by Gasteiger charge is 2.39.